The molecule has 104 valence electrons. The summed E-state index contributed by atoms with van der Waals surface area (Å²) in [6.45, 7) is 1.69. The van der Waals surface area contributed by atoms with Gasteiger partial charge in [0, 0.05) is 10.4 Å². The average molecular weight is 298 g/mol. The quantitative estimate of drug-likeness (QED) is 0.819. The third-order valence-corrected chi connectivity index (χ3v) is 2.90. The highest BCUT2D eigenvalue weighted by atomic mass is 35.5. The van der Waals surface area contributed by atoms with Crippen molar-refractivity contribution in [1.29, 1.82) is 0 Å². The van der Waals surface area contributed by atoms with Gasteiger partial charge in [-0.15, -0.1) is 0 Å². The number of ether oxygens (including phenoxy) is 2. The fourth-order valence-electron chi connectivity index (χ4n) is 1.64. The van der Waals surface area contributed by atoms with E-state index in [9.17, 15) is 9.59 Å². The lowest BCUT2D eigenvalue weighted by Crippen LogP contribution is -2.10. The SMILES string of the molecule is Cc1c(Cl)ccc2cc(OC(=O)O)c(OC(=O)O)nc12. The minimum Gasteiger partial charge on any atom is -0.449 e. The van der Waals surface area contributed by atoms with Crippen LogP contribution in [-0.2, 0) is 0 Å². The molecule has 0 amide bonds. The number of halogens is 1. The number of benzene rings is 1. The van der Waals surface area contributed by atoms with Crippen molar-refractivity contribution in [2.75, 3.05) is 0 Å². The van der Waals surface area contributed by atoms with Crippen molar-refractivity contribution in [2.24, 2.45) is 0 Å². The van der Waals surface area contributed by atoms with E-state index in [1.807, 2.05) is 0 Å². The molecular formula is C12H8ClNO6. The first-order chi connectivity index (χ1) is 9.38. The van der Waals surface area contributed by atoms with Crippen molar-refractivity contribution in [3.05, 3.63) is 28.8 Å². The number of fused-ring (bicyclic) bond motifs is 1. The third-order valence-electron chi connectivity index (χ3n) is 2.49. The number of aromatic nitrogens is 1. The fraction of sp³-hybridized carbons (Fsp3) is 0.0833. The molecule has 2 aromatic rings. The topological polar surface area (TPSA) is 106 Å². The van der Waals surface area contributed by atoms with Crippen LogP contribution in [0.25, 0.3) is 10.9 Å². The van der Waals surface area contributed by atoms with Gasteiger partial charge in [0.05, 0.1) is 5.52 Å². The summed E-state index contributed by atoms with van der Waals surface area (Å²) in [5.74, 6) is -0.771. The van der Waals surface area contributed by atoms with Crippen LogP contribution in [0.3, 0.4) is 0 Å². The second kappa shape index (κ2) is 5.22. The molecule has 0 saturated heterocycles. The van der Waals surface area contributed by atoms with Gasteiger partial charge >= 0.3 is 12.3 Å². The van der Waals surface area contributed by atoms with Crippen LogP contribution in [-0.4, -0.2) is 27.5 Å². The molecule has 0 atom stereocenters. The Morgan fingerprint density at radius 1 is 1.20 bits per heavy atom. The first-order valence-electron chi connectivity index (χ1n) is 5.30. The highest BCUT2D eigenvalue weighted by molar-refractivity contribution is 6.32. The van der Waals surface area contributed by atoms with Crippen molar-refractivity contribution >= 4 is 34.8 Å². The second-order valence-electron chi connectivity index (χ2n) is 3.77. The summed E-state index contributed by atoms with van der Waals surface area (Å²) < 4.78 is 8.88. The molecule has 1 aromatic carbocycles. The van der Waals surface area contributed by atoms with E-state index in [-0.39, 0.29) is 5.75 Å². The summed E-state index contributed by atoms with van der Waals surface area (Å²) >= 11 is 5.95. The maximum absolute atomic E-state index is 10.6. The third kappa shape index (κ3) is 2.72. The van der Waals surface area contributed by atoms with Gasteiger partial charge in [0.1, 0.15) is 0 Å². The van der Waals surface area contributed by atoms with E-state index < -0.39 is 18.2 Å². The summed E-state index contributed by atoms with van der Waals surface area (Å²) in [5.41, 5.74) is 1.01. The highest BCUT2D eigenvalue weighted by Gasteiger charge is 2.17. The van der Waals surface area contributed by atoms with Gasteiger partial charge in [-0.1, -0.05) is 17.7 Å². The molecule has 2 N–H and O–H groups in total. The van der Waals surface area contributed by atoms with Crippen LogP contribution >= 0.6 is 11.6 Å². The molecule has 0 fully saturated rings. The van der Waals surface area contributed by atoms with E-state index in [1.54, 1.807) is 19.1 Å². The Morgan fingerprint density at radius 2 is 1.85 bits per heavy atom. The minimum atomic E-state index is -1.63. The first kappa shape index (κ1) is 13.9. The number of carboxylic acid groups (broad SMARTS) is 2. The Kier molecular flexibility index (Phi) is 3.62. The van der Waals surface area contributed by atoms with Gasteiger partial charge < -0.3 is 19.7 Å². The zero-order valence-corrected chi connectivity index (χ0v) is 10.8. The Hall–Kier alpha value is -2.54. The normalized spacial score (nSPS) is 10.3. The van der Waals surface area contributed by atoms with E-state index in [4.69, 9.17) is 21.8 Å². The van der Waals surface area contributed by atoms with Crippen LogP contribution in [0.15, 0.2) is 18.2 Å². The minimum absolute atomic E-state index is 0.311. The summed E-state index contributed by atoms with van der Waals surface area (Å²) in [4.78, 5) is 25.1. The first-order valence-corrected chi connectivity index (χ1v) is 5.67. The number of hydrogen-bond acceptors (Lipinski definition) is 5. The molecule has 20 heavy (non-hydrogen) atoms. The number of nitrogens with zero attached hydrogens (tertiary/aromatic N) is 1. The Labute approximate surface area is 117 Å². The number of aryl methyl sites for hydroxylation is 1. The lowest BCUT2D eigenvalue weighted by molar-refractivity contribution is 0.131. The number of pyridine rings is 1. The van der Waals surface area contributed by atoms with Crippen LogP contribution in [0.4, 0.5) is 9.59 Å². The molecule has 2 rings (SSSR count). The smallest absolute Gasteiger partial charge is 0.449 e. The standard InChI is InChI=1S/C12H8ClNO6/c1-5-7(13)3-2-6-4-8(19-11(15)16)10(14-9(5)6)20-12(17)18/h2-4H,1H3,(H,15,16)(H,17,18). The molecule has 0 unspecified atom stereocenters. The number of rotatable bonds is 2. The van der Waals surface area contributed by atoms with Crippen molar-refractivity contribution < 1.29 is 29.3 Å². The molecule has 7 nitrogen and oxygen atoms in total. The van der Waals surface area contributed by atoms with Gasteiger partial charge in [-0.2, -0.15) is 0 Å². The van der Waals surface area contributed by atoms with Gasteiger partial charge in [0.2, 0.25) is 0 Å². The van der Waals surface area contributed by atoms with Crippen LogP contribution < -0.4 is 9.47 Å². The molecule has 0 radical (unpaired) electrons. The number of carbonyl (C=O) groups is 2. The van der Waals surface area contributed by atoms with Gasteiger partial charge in [-0.25, -0.2) is 14.6 Å². The Bertz CT molecular complexity index is 715. The highest BCUT2D eigenvalue weighted by Crippen LogP contribution is 2.33. The van der Waals surface area contributed by atoms with Crippen molar-refractivity contribution in [3.63, 3.8) is 0 Å². The maximum atomic E-state index is 10.6. The molecular weight excluding hydrogens is 290 g/mol. The van der Waals surface area contributed by atoms with Gasteiger partial charge in [0.15, 0.2) is 5.75 Å². The monoisotopic (exact) mass is 297 g/mol. The molecule has 0 saturated carbocycles. The van der Waals surface area contributed by atoms with Gasteiger partial charge in [-0.3, -0.25) is 0 Å². The van der Waals surface area contributed by atoms with E-state index in [2.05, 4.69) is 14.5 Å². The molecule has 0 aliphatic carbocycles. The van der Waals surface area contributed by atoms with Crippen LogP contribution in [0, 0.1) is 6.92 Å². The second-order valence-corrected chi connectivity index (χ2v) is 4.18. The number of hydrogen-bond donors (Lipinski definition) is 2. The molecule has 0 aliphatic rings. The summed E-state index contributed by atoms with van der Waals surface area (Å²) in [6.07, 6.45) is -3.24. The largest absolute Gasteiger partial charge is 0.512 e. The van der Waals surface area contributed by atoms with Gasteiger partial charge in [0.25, 0.3) is 5.88 Å². The van der Waals surface area contributed by atoms with Crippen molar-refractivity contribution in [2.45, 2.75) is 6.92 Å². The molecule has 8 heteroatoms. The van der Waals surface area contributed by atoms with Crippen LogP contribution in [0.5, 0.6) is 11.6 Å². The fourth-order valence-corrected chi connectivity index (χ4v) is 1.80. The predicted molar refractivity (Wildman–Crippen MR) is 68.8 cm³/mol. The van der Waals surface area contributed by atoms with E-state index in [0.29, 0.717) is 21.5 Å². The summed E-state index contributed by atoms with van der Waals surface area (Å²) in [5, 5.41) is 18.2. The average Bonchev–Trinajstić information content (AvgIpc) is 2.34. The van der Waals surface area contributed by atoms with Crippen molar-refractivity contribution in [3.8, 4) is 11.6 Å². The molecule has 0 spiro atoms. The molecule has 1 aromatic heterocycles. The Balaban J connectivity index is 2.67. The van der Waals surface area contributed by atoms with Crippen molar-refractivity contribution in [1.82, 2.24) is 4.98 Å². The van der Waals surface area contributed by atoms with E-state index in [1.165, 1.54) is 6.07 Å². The maximum Gasteiger partial charge on any atom is 0.512 e. The Morgan fingerprint density at radius 3 is 2.45 bits per heavy atom. The van der Waals surface area contributed by atoms with Crippen LogP contribution in [0.2, 0.25) is 5.02 Å². The lowest BCUT2D eigenvalue weighted by atomic mass is 10.1. The molecule has 0 aliphatic heterocycles. The zero-order valence-electron chi connectivity index (χ0n) is 10.1. The van der Waals surface area contributed by atoms with E-state index >= 15 is 0 Å². The van der Waals surface area contributed by atoms with Gasteiger partial charge in [-0.05, 0) is 24.6 Å². The zero-order chi connectivity index (χ0) is 14.9. The lowest BCUT2D eigenvalue weighted by Gasteiger charge is -2.09. The summed E-state index contributed by atoms with van der Waals surface area (Å²) in [7, 11) is 0. The predicted octanol–water partition coefficient (Wildman–Crippen LogP) is 3.31. The molecule has 1 heterocycles. The molecule has 0 bridgehead atoms. The van der Waals surface area contributed by atoms with Crippen LogP contribution in [0.1, 0.15) is 5.56 Å². The summed E-state index contributed by atoms with van der Waals surface area (Å²) in [6, 6.07) is 4.54. The van der Waals surface area contributed by atoms with E-state index in [0.717, 1.165) is 0 Å².